The summed E-state index contributed by atoms with van der Waals surface area (Å²) in [7, 11) is -2.97. The maximum atomic E-state index is 12.9. The van der Waals surface area contributed by atoms with Gasteiger partial charge in [0, 0.05) is 30.3 Å². The van der Waals surface area contributed by atoms with Crippen LogP contribution >= 0.6 is 11.8 Å². The van der Waals surface area contributed by atoms with Crippen molar-refractivity contribution in [3.63, 3.8) is 0 Å². The SMILES string of the molecule is COc1ccc(C(=O)O)cc1S(=O)(=O)Nc1ccc(N2CCSCC2)c(C(=O)O)c1. The molecule has 0 amide bonds. The second-order valence-electron chi connectivity index (χ2n) is 6.41. The molecule has 0 spiro atoms. The van der Waals surface area contributed by atoms with Crippen LogP contribution in [0.5, 0.6) is 5.75 Å². The predicted molar refractivity (Wildman–Crippen MR) is 114 cm³/mol. The van der Waals surface area contributed by atoms with Crippen LogP contribution in [0.1, 0.15) is 20.7 Å². The van der Waals surface area contributed by atoms with Gasteiger partial charge in [0.15, 0.2) is 0 Å². The number of ether oxygens (including phenoxy) is 1. The summed E-state index contributed by atoms with van der Waals surface area (Å²) in [5, 5.41) is 18.8. The number of methoxy groups -OCH3 is 1. The van der Waals surface area contributed by atoms with Crippen molar-refractivity contribution in [1.29, 1.82) is 0 Å². The van der Waals surface area contributed by atoms with Gasteiger partial charge < -0.3 is 19.8 Å². The lowest BCUT2D eigenvalue weighted by molar-refractivity contribution is 0.0686. The number of nitrogens with zero attached hydrogens (tertiary/aromatic N) is 1. The molecular formula is C19H20N2O7S2. The highest BCUT2D eigenvalue weighted by Crippen LogP contribution is 2.30. The molecule has 0 bridgehead atoms. The van der Waals surface area contributed by atoms with Crippen LogP contribution < -0.4 is 14.4 Å². The topological polar surface area (TPSA) is 133 Å². The number of nitrogens with one attached hydrogen (secondary N) is 1. The van der Waals surface area contributed by atoms with Crippen LogP contribution in [0.4, 0.5) is 11.4 Å². The lowest BCUT2D eigenvalue weighted by Gasteiger charge is -2.29. The maximum absolute atomic E-state index is 12.9. The molecule has 1 aliphatic rings. The molecule has 0 atom stereocenters. The standard InChI is InChI=1S/C19H20N2O7S2/c1-28-16-5-2-12(18(22)23)10-17(16)30(26,27)20-13-3-4-15(14(11-13)19(24)25)21-6-8-29-9-7-21/h2-5,10-11,20H,6-9H2,1H3,(H,22,23)(H,24,25). The molecule has 1 aliphatic heterocycles. The average molecular weight is 453 g/mol. The number of carboxylic acid groups (broad SMARTS) is 2. The highest BCUT2D eigenvalue weighted by molar-refractivity contribution is 7.99. The summed E-state index contributed by atoms with van der Waals surface area (Å²) in [5.74, 6) is -0.727. The first-order valence-electron chi connectivity index (χ1n) is 8.87. The molecule has 0 unspecified atom stereocenters. The lowest BCUT2D eigenvalue weighted by atomic mass is 10.1. The number of benzene rings is 2. The number of carboxylic acids is 2. The van der Waals surface area contributed by atoms with Crippen LogP contribution in [-0.4, -0.2) is 62.3 Å². The van der Waals surface area contributed by atoms with E-state index in [1.807, 2.05) is 4.90 Å². The van der Waals surface area contributed by atoms with Gasteiger partial charge in [0.2, 0.25) is 0 Å². The highest BCUT2D eigenvalue weighted by Gasteiger charge is 2.24. The maximum Gasteiger partial charge on any atom is 0.337 e. The summed E-state index contributed by atoms with van der Waals surface area (Å²) in [4.78, 5) is 24.6. The zero-order chi connectivity index (χ0) is 21.9. The number of rotatable bonds is 7. The van der Waals surface area contributed by atoms with Crippen LogP contribution in [0.25, 0.3) is 0 Å². The van der Waals surface area contributed by atoms with Crippen molar-refractivity contribution in [2.75, 3.05) is 41.3 Å². The Morgan fingerprint density at radius 1 is 1.07 bits per heavy atom. The largest absolute Gasteiger partial charge is 0.495 e. The molecule has 1 heterocycles. The van der Waals surface area contributed by atoms with Gasteiger partial charge in [-0.3, -0.25) is 4.72 Å². The van der Waals surface area contributed by atoms with Gasteiger partial charge in [0.05, 0.1) is 23.9 Å². The monoisotopic (exact) mass is 452 g/mol. The van der Waals surface area contributed by atoms with Crippen LogP contribution in [-0.2, 0) is 10.0 Å². The molecule has 2 aromatic rings. The first-order valence-corrected chi connectivity index (χ1v) is 11.5. The molecule has 9 nitrogen and oxygen atoms in total. The molecule has 0 saturated carbocycles. The fourth-order valence-corrected chi connectivity index (χ4v) is 5.23. The first kappa shape index (κ1) is 21.8. The summed E-state index contributed by atoms with van der Waals surface area (Å²) >= 11 is 1.79. The van der Waals surface area contributed by atoms with E-state index in [-0.39, 0.29) is 27.5 Å². The number of hydrogen-bond donors (Lipinski definition) is 3. The molecule has 2 aromatic carbocycles. The number of hydrogen-bond acceptors (Lipinski definition) is 7. The molecule has 1 fully saturated rings. The molecule has 30 heavy (non-hydrogen) atoms. The summed E-state index contributed by atoms with van der Waals surface area (Å²) in [6.07, 6.45) is 0. The number of thioether (sulfide) groups is 1. The van der Waals surface area contributed by atoms with Crippen LogP contribution in [0, 0.1) is 0 Å². The second kappa shape index (κ2) is 8.84. The van der Waals surface area contributed by atoms with E-state index in [4.69, 9.17) is 9.84 Å². The van der Waals surface area contributed by atoms with Crippen molar-refractivity contribution in [3.8, 4) is 5.75 Å². The normalized spacial score (nSPS) is 14.2. The fourth-order valence-electron chi connectivity index (χ4n) is 3.08. The van der Waals surface area contributed by atoms with Gasteiger partial charge in [0.25, 0.3) is 10.0 Å². The Balaban J connectivity index is 1.97. The number of anilines is 2. The summed E-state index contributed by atoms with van der Waals surface area (Å²) in [6.45, 7) is 1.41. The van der Waals surface area contributed by atoms with Gasteiger partial charge in [0.1, 0.15) is 10.6 Å². The van der Waals surface area contributed by atoms with Gasteiger partial charge in [-0.25, -0.2) is 18.0 Å². The Labute approximate surface area is 177 Å². The van der Waals surface area contributed by atoms with Crippen molar-refractivity contribution < 1.29 is 33.0 Å². The van der Waals surface area contributed by atoms with Gasteiger partial charge in [-0.15, -0.1) is 0 Å². The van der Waals surface area contributed by atoms with E-state index in [1.54, 1.807) is 17.8 Å². The minimum atomic E-state index is -4.24. The Bertz CT molecular complexity index is 1080. The van der Waals surface area contributed by atoms with E-state index < -0.39 is 22.0 Å². The van der Waals surface area contributed by atoms with Crippen LogP contribution in [0.15, 0.2) is 41.3 Å². The summed E-state index contributed by atoms with van der Waals surface area (Å²) in [5.41, 5.74) is 0.329. The number of aromatic carboxylic acids is 2. The van der Waals surface area contributed by atoms with E-state index in [0.29, 0.717) is 18.8 Å². The van der Waals surface area contributed by atoms with Crippen molar-refractivity contribution in [2.45, 2.75) is 4.90 Å². The van der Waals surface area contributed by atoms with E-state index in [9.17, 15) is 23.1 Å². The van der Waals surface area contributed by atoms with Crippen molar-refractivity contribution in [3.05, 3.63) is 47.5 Å². The Morgan fingerprint density at radius 3 is 2.37 bits per heavy atom. The molecule has 160 valence electrons. The van der Waals surface area contributed by atoms with Gasteiger partial charge in [-0.1, -0.05) is 0 Å². The minimum Gasteiger partial charge on any atom is -0.495 e. The third-order valence-corrected chi connectivity index (χ3v) is 6.88. The molecular weight excluding hydrogens is 432 g/mol. The van der Waals surface area contributed by atoms with Gasteiger partial charge in [-0.2, -0.15) is 11.8 Å². The van der Waals surface area contributed by atoms with E-state index in [1.165, 1.54) is 31.4 Å². The van der Waals surface area contributed by atoms with Crippen molar-refractivity contribution in [1.82, 2.24) is 0 Å². The quantitative estimate of drug-likeness (QED) is 0.579. The molecule has 0 aliphatic carbocycles. The van der Waals surface area contributed by atoms with Gasteiger partial charge in [-0.05, 0) is 36.4 Å². The Kier molecular flexibility index (Phi) is 6.42. The molecule has 0 aromatic heterocycles. The summed E-state index contributed by atoms with van der Waals surface area (Å²) in [6, 6.07) is 7.77. The van der Waals surface area contributed by atoms with E-state index in [0.717, 1.165) is 17.6 Å². The van der Waals surface area contributed by atoms with Crippen LogP contribution in [0.3, 0.4) is 0 Å². The number of carbonyl (C=O) groups is 2. The molecule has 1 saturated heterocycles. The smallest absolute Gasteiger partial charge is 0.337 e. The lowest BCUT2D eigenvalue weighted by Crippen LogP contribution is -2.33. The third-order valence-electron chi connectivity index (χ3n) is 4.53. The second-order valence-corrected chi connectivity index (χ2v) is 9.29. The Morgan fingerprint density at radius 2 is 1.77 bits per heavy atom. The highest BCUT2D eigenvalue weighted by atomic mass is 32.2. The summed E-state index contributed by atoms with van der Waals surface area (Å²) < 4.78 is 33.1. The molecule has 11 heteroatoms. The average Bonchev–Trinajstić information content (AvgIpc) is 2.73. The predicted octanol–water partition coefficient (Wildman–Crippen LogP) is 2.45. The van der Waals surface area contributed by atoms with Crippen molar-refractivity contribution >= 4 is 45.1 Å². The zero-order valence-electron chi connectivity index (χ0n) is 16.0. The first-order chi connectivity index (χ1) is 14.2. The van der Waals surface area contributed by atoms with Crippen molar-refractivity contribution in [2.24, 2.45) is 0 Å². The minimum absolute atomic E-state index is 0.0200. The van der Waals surface area contributed by atoms with Gasteiger partial charge >= 0.3 is 11.9 Å². The van der Waals surface area contributed by atoms with Crippen LogP contribution in [0.2, 0.25) is 0 Å². The van der Waals surface area contributed by atoms with E-state index in [2.05, 4.69) is 4.72 Å². The molecule has 3 rings (SSSR count). The number of sulfonamides is 1. The van der Waals surface area contributed by atoms with E-state index >= 15 is 0 Å². The molecule has 3 N–H and O–H groups in total. The third kappa shape index (κ3) is 4.62. The zero-order valence-corrected chi connectivity index (χ0v) is 17.6. The molecule has 0 radical (unpaired) electrons. The Hall–Kier alpha value is -2.92. The fraction of sp³-hybridized carbons (Fsp3) is 0.263.